The molecule has 1 aromatic carbocycles. The average Bonchev–Trinajstić information content (AvgIpc) is 2.30. The molecule has 2 rings (SSSR count). The fourth-order valence-corrected chi connectivity index (χ4v) is 1.20. The Bertz CT molecular complexity index is 546. The van der Waals surface area contributed by atoms with E-state index in [1.165, 1.54) is 6.20 Å². The molecule has 86 valence electrons. The number of benzene rings is 1. The fourth-order valence-electron chi connectivity index (χ4n) is 1.20. The lowest BCUT2D eigenvalue weighted by Crippen LogP contribution is -1.97. The van der Waals surface area contributed by atoms with Crippen molar-refractivity contribution in [3.05, 3.63) is 36.0 Å². The lowest BCUT2D eigenvalue weighted by molar-refractivity contribution is 1.12. The Morgan fingerprint density at radius 3 is 2.41 bits per heavy atom. The van der Waals surface area contributed by atoms with Crippen molar-refractivity contribution in [3.8, 4) is 0 Å². The van der Waals surface area contributed by atoms with E-state index >= 15 is 0 Å². The molecule has 0 radical (unpaired) electrons. The molecule has 1 heterocycles. The number of aromatic nitrogens is 2. The molecule has 0 fully saturated rings. The quantitative estimate of drug-likeness (QED) is 0.770. The molecule has 0 amide bonds. The van der Waals surface area contributed by atoms with Crippen molar-refractivity contribution in [1.29, 1.82) is 0 Å². The van der Waals surface area contributed by atoms with Crippen molar-refractivity contribution in [2.24, 2.45) is 10.2 Å². The van der Waals surface area contributed by atoms with Crippen molar-refractivity contribution >= 4 is 23.1 Å². The van der Waals surface area contributed by atoms with Gasteiger partial charge in [0.05, 0.1) is 11.9 Å². The molecule has 2 aromatic rings. The van der Waals surface area contributed by atoms with Gasteiger partial charge < -0.3 is 11.5 Å². The predicted octanol–water partition coefficient (Wildman–Crippen LogP) is 2.36. The highest BCUT2D eigenvalue weighted by molar-refractivity contribution is 5.54. The molecule has 17 heavy (non-hydrogen) atoms. The number of hydrogen-bond donors (Lipinski definition) is 2. The maximum atomic E-state index is 5.60. The van der Waals surface area contributed by atoms with Crippen LogP contribution < -0.4 is 11.5 Å². The van der Waals surface area contributed by atoms with Crippen LogP contribution in [0.1, 0.15) is 5.56 Å². The number of aryl methyl sites for hydroxylation is 1. The molecule has 4 N–H and O–H groups in total. The highest BCUT2D eigenvalue weighted by Crippen LogP contribution is 2.20. The van der Waals surface area contributed by atoms with Crippen LogP contribution in [0.5, 0.6) is 0 Å². The number of nitrogens with two attached hydrogens (primary N) is 2. The van der Waals surface area contributed by atoms with Crippen molar-refractivity contribution in [2.45, 2.75) is 6.92 Å². The van der Waals surface area contributed by atoms with E-state index in [0.717, 1.165) is 11.3 Å². The summed E-state index contributed by atoms with van der Waals surface area (Å²) in [6, 6.07) is 7.62. The van der Waals surface area contributed by atoms with Crippen LogP contribution in [-0.4, -0.2) is 9.97 Å². The summed E-state index contributed by atoms with van der Waals surface area (Å²) in [5.41, 5.74) is 12.9. The smallest absolute Gasteiger partial charge is 0.217 e. The number of hydrogen-bond acceptors (Lipinski definition) is 6. The Kier molecular flexibility index (Phi) is 2.95. The first-order valence-corrected chi connectivity index (χ1v) is 5.01. The van der Waals surface area contributed by atoms with Gasteiger partial charge in [0, 0.05) is 0 Å². The second-order valence-corrected chi connectivity index (χ2v) is 3.54. The van der Waals surface area contributed by atoms with Gasteiger partial charge in [-0.1, -0.05) is 17.7 Å². The zero-order valence-corrected chi connectivity index (χ0v) is 9.33. The molecular weight excluding hydrogens is 216 g/mol. The molecule has 0 unspecified atom stereocenters. The molecule has 1 aromatic heterocycles. The van der Waals surface area contributed by atoms with Crippen molar-refractivity contribution in [1.82, 2.24) is 9.97 Å². The minimum atomic E-state index is 0.167. The first kappa shape index (κ1) is 11.0. The second-order valence-electron chi connectivity index (χ2n) is 3.54. The molecule has 0 bridgehead atoms. The lowest BCUT2D eigenvalue weighted by atomic mass is 10.2. The minimum absolute atomic E-state index is 0.167. The number of nitrogens with zero attached hydrogens (tertiary/aromatic N) is 4. The van der Waals surface area contributed by atoms with Crippen LogP contribution >= 0.6 is 0 Å². The Morgan fingerprint density at radius 1 is 1.06 bits per heavy atom. The summed E-state index contributed by atoms with van der Waals surface area (Å²) >= 11 is 0. The Labute approximate surface area is 98.4 Å². The van der Waals surface area contributed by atoms with Crippen molar-refractivity contribution in [2.75, 3.05) is 11.5 Å². The SMILES string of the molecule is Cc1ccc(N=Nc2ncc(N)nc2N)cc1. The van der Waals surface area contributed by atoms with Crippen LogP contribution in [0.4, 0.5) is 23.1 Å². The lowest BCUT2D eigenvalue weighted by Gasteiger charge is -1.98. The van der Waals surface area contributed by atoms with Gasteiger partial charge >= 0.3 is 0 Å². The molecular formula is C11H12N6. The molecule has 6 nitrogen and oxygen atoms in total. The normalized spacial score (nSPS) is 10.9. The minimum Gasteiger partial charge on any atom is -0.382 e. The average molecular weight is 228 g/mol. The van der Waals surface area contributed by atoms with Crippen molar-refractivity contribution in [3.63, 3.8) is 0 Å². The van der Waals surface area contributed by atoms with Gasteiger partial charge in [-0.3, -0.25) is 0 Å². The van der Waals surface area contributed by atoms with Gasteiger partial charge in [-0.25, -0.2) is 9.97 Å². The highest BCUT2D eigenvalue weighted by atomic mass is 15.2. The molecule has 0 saturated carbocycles. The summed E-state index contributed by atoms with van der Waals surface area (Å²) < 4.78 is 0. The molecule has 0 spiro atoms. The first-order chi connectivity index (χ1) is 8.15. The van der Waals surface area contributed by atoms with Gasteiger partial charge in [0.2, 0.25) is 5.82 Å². The molecule has 0 saturated heterocycles. The van der Waals surface area contributed by atoms with Crippen LogP contribution in [0.25, 0.3) is 0 Å². The van der Waals surface area contributed by atoms with Crippen LogP contribution in [0.3, 0.4) is 0 Å². The number of rotatable bonds is 2. The molecule has 0 aliphatic carbocycles. The Balaban J connectivity index is 2.23. The van der Waals surface area contributed by atoms with Crippen LogP contribution in [-0.2, 0) is 0 Å². The van der Waals surface area contributed by atoms with Gasteiger partial charge in [-0.2, -0.15) is 0 Å². The summed E-state index contributed by atoms with van der Waals surface area (Å²) in [6.45, 7) is 2.00. The third kappa shape index (κ3) is 2.75. The largest absolute Gasteiger partial charge is 0.382 e. The Hall–Kier alpha value is -2.50. The molecule has 0 atom stereocenters. The van der Waals surface area contributed by atoms with E-state index in [-0.39, 0.29) is 17.5 Å². The maximum Gasteiger partial charge on any atom is 0.217 e. The van der Waals surface area contributed by atoms with E-state index in [1.54, 1.807) is 0 Å². The van der Waals surface area contributed by atoms with E-state index < -0.39 is 0 Å². The van der Waals surface area contributed by atoms with Crippen LogP contribution in [0.2, 0.25) is 0 Å². The van der Waals surface area contributed by atoms with Gasteiger partial charge in [0.25, 0.3) is 0 Å². The maximum absolute atomic E-state index is 5.60. The van der Waals surface area contributed by atoms with Crippen LogP contribution in [0, 0.1) is 6.92 Å². The summed E-state index contributed by atoms with van der Waals surface area (Å²) in [4.78, 5) is 7.78. The highest BCUT2D eigenvalue weighted by Gasteiger charge is 2.00. The molecule has 0 aliphatic heterocycles. The summed E-state index contributed by atoms with van der Waals surface area (Å²) in [5, 5.41) is 7.93. The zero-order chi connectivity index (χ0) is 12.3. The first-order valence-electron chi connectivity index (χ1n) is 5.01. The monoisotopic (exact) mass is 228 g/mol. The van der Waals surface area contributed by atoms with E-state index in [0.29, 0.717) is 0 Å². The standard InChI is InChI=1S/C11H12N6/c1-7-2-4-8(5-3-7)16-17-11-10(13)15-9(12)6-14-11/h2-6H,1H3,(H4,12,13,15). The van der Waals surface area contributed by atoms with Gasteiger partial charge in [-0.05, 0) is 19.1 Å². The van der Waals surface area contributed by atoms with Gasteiger partial charge in [0.1, 0.15) is 5.82 Å². The van der Waals surface area contributed by atoms with Crippen LogP contribution in [0.15, 0.2) is 40.7 Å². The molecule has 6 heteroatoms. The van der Waals surface area contributed by atoms with E-state index in [1.807, 2.05) is 31.2 Å². The zero-order valence-electron chi connectivity index (χ0n) is 9.33. The number of nitrogen functional groups attached to an aromatic ring is 2. The van der Waals surface area contributed by atoms with E-state index in [9.17, 15) is 0 Å². The summed E-state index contributed by atoms with van der Waals surface area (Å²) in [7, 11) is 0. The van der Waals surface area contributed by atoms with E-state index in [4.69, 9.17) is 11.5 Å². The van der Waals surface area contributed by atoms with E-state index in [2.05, 4.69) is 20.2 Å². The van der Waals surface area contributed by atoms with Gasteiger partial charge in [-0.15, -0.1) is 10.2 Å². The van der Waals surface area contributed by atoms with Gasteiger partial charge in [0.15, 0.2) is 5.82 Å². The second kappa shape index (κ2) is 4.56. The fraction of sp³-hybridized carbons (Fsp3) is 0.0909. The van der Waals surface area contributed by atoms with Crippen molar-refractivity contribution < 1.29 is 0 Å². The summed E-state index contributed by atoms with van der Waals surface area (Å²) in [5.74, 6) is 0.692. The molecule has 0 aliphatic rings. The Morgan fingerprint density at radius 2 is 1.76 bits per heavy atom. The number of anilines is 2. The topological polar surface area (TPSA) is 103 Å². The summed E-state index contributed by atoms with van der Waals surface area (Å²) in [6.07, 6.45) is 1.39. The third-order valence-electron chi connectivity index (χ3n) is 2.09. The predicted molar refractivity (Wildman–Crippen MR) is 66.2 cm³/mol. The third-order valence-corrected chi connectivity index (χ3v) is 2.09. The number of azo groups is 1.